The molecule has 112 valence electrons. The van der Waals surface area contributed by atoms with Crippen molar-refractivity contribution in [2.24, 2.45) is 11.8 Å². The zero-order chi connectivity index (χ0) is 14.9. The minimum atomic E-state index is -3.47. The number of halogens is 1. The largest absolute Gasteiger partial charge is 0.243 e. The Kier molecular flexibility index (Phi) is 4.77. The molecule has 0 radical (unpaired) electrons. The third-order valence-electron chi connectivity index (χ3n) is 4.25. The van der Waals surface area contributed by atoms with Crippen LogP contribution in [0, 0.1) is 11.8 Å². The van der Waals surface area contributed by atoms with Crippen LogP contribution < -0.4 is 0 Å². The van der Waals surface area contributed by atoms with E-state index in [0.29, 0.717) is 28.8 Å². The molecule has 1 saturated heterocycles. The van der Waals surface area contributed by atoms with Gasteiger partial charge in [-0.15, -0.1) is 11.6 Å². The molecular formula is C15H22ClNO2S. The summed E-state index contributed by atoms with van der Waals surface area (Å²) in [6, 6.07) is 7.04. The third-order valence-corrected chi connectivity index (χ3v) is 6.59. The van der Waals surface area contributed by atoms with Gasteiger partial charge in [0.05, 0.1) is 4.90 Å². The molecule has 1 heterocycles. The maximum atomic E-state index is 12.9. The molecular weight excluding hydrogens is 294 g/mol. The zero-order valence-electron chi connectivity index (χ0n) is 12.2. The van der Waals surface area contributed by atoms with Crippen LogP contribution in [0.25, 0.3) is 0 Å². The summed E-state index contributed by atoms with van der Waals surface area (Å²) in [5.74, 6) is 0.971. The van der Waals surface area contributed by atoms with Crippen molar-refractivity contribution in [3.05, 3.63) is 29.8 Å². The molecule has 1 fully saturated rings. The molecule has 0 aromatic heterocycles. The Balaban J connectivity index is 2.43. The standard InChI is InChI=1S/C15H22ClNO2S/c1-11-8-12(2)13(3)17(10-11)20(18,19)15-7-5-4-6-14(15)9-16/h4-7,11-13H,8-10H2,1-3H3. The molecule has 20 heavy (non-hydrogen) atoms. The first-order chi connectivity index (χ1) is 9.37. The van der Waals surface area contributed by atoms with Crippen molar-refractivity contribution in [1.82, 2.24) is 4.31 Å². The van der Waals surface area contributed by atoms with Gasteiger partial charge in [-0.2, -0.15) is 4.31 Å². The molecule has 0 amide bonds. The molecule has 1 aromatic rings. The summed E-state index contributed by atoms with van der Waals surface area (Å²) in [6.45, 7) is 6.82. The van der Waals surface area contributed by atoms with Gasteiger partial charge in [0, 0.05) is 18.5 Å². The van der Waals surface area contributed by atoms with E-state index in [1.165, 1.54) is 0 Å². The van der Waals surface area contributed by atoms with Gasteiger partial charge in [0.25, 0.3) is 0 Å². The lowest BCUT2D eigenvalue weighted by Gasteiger charge is -2.40. The first kappa shape index (κ1) is 15.8. The van der Waals surface area contributed by atoms with E-state index in [9.17, 15) is 8.42 Å². The van der Waals surface area contributed by atoms with Crippen LogP contribution >= 0.6 is 11.6 Å². The van der Waals surface area contributed by atoms with E-state index in [1.807, 2.05) is 13.0 Å². The van der Waals surface area contributed by atoms with E-state index in [-0.39, 0.29) is 11.9 Å². The molecule has 0 spiro atoms. The highest BCUT2D eigenvalue weighted by atomic mass is 35.5. The van der Waals surface area contributed by atoms with Crippen molar-refractivity contribution in [2.75, 3.05) is 6.54 Å². The average Bonchev–Trinajstić information content (AvgIpc) is 2.42. The maximum Gasteiger partial charge on any atom is 0.243 e. The Labute approximate surface area is 127 Å². The van der Waals surface area contributed by atoms with E-state index in [0.717, 1.165) is 6.42 Å². The van der Waals surface area contributed by atoms with Crippen LogP contribution in [0.2, 0.25) is 0 Å². The smallest absolute Gasteiger partial charge is 0.207 e. The second-order valence-electron chi connectivity index (χ2n) is 5.87. The number of benzene rings is 1. The van der Waals surface area contributed by atoms with Gasteiger partial charge in [-0.1, -0.05) is 32.0 Å². The van der Waals surface area contributed by atoms with Gasteiger partial charge in [-0.25, -0.2) is 8.42 Å². The number of nitrogens with zero attached hydrogens (tertiary/aromatic N) is 1. The Bertz CT molecular complexity index is 573. The molecule has 0 bridgehead atoms. The molecule has 3 atom stereocenters. The van der Waals surface area contributed by atoms with Crippen molar-refractivity contribution >= 4 is 21.6 Å². The molecule has 0 aliphatic carbocycles. The normalized spacial score (nSPS) is 28.5. The summed E-state index contributed by atoms with van der Waals surface area (Å²) < 4.78 is 27.5. The second-order valence-corrected chi connectivity index (χ2v) is 8.00. The van der Waals surface area contributed by atoms with Crippen molar-refractivity contribution < 1.29 is 8.42 Å². The molecule has 3 nitrogen and oxygen atoms in total. The second kappa shape index (κ2) is 6.04. The molecule has 3 unspecified atom stereocenters. The SMILES string of the molecule is CC1CC(C)C(C)N(S(=O)(=O)c2ccccc2CCl)C1. The highest BCUT2D eigenvalue weighted by molar-refractivity contribution is 7.89. The van der Waals surface area contributed by atoms with Crippen molar-refractivity contribution in [1.29, 1.82) is 0 Å². The number of piperidine rings is 1. The Morgan fingerprint density at radius 3 is 2.55 bits per heavy atom. The highest BCUT2D eigenvalue weighted by Crippen LogP contribution is 2.32. The van der Waals surface area contributed by atoms with E-state index in [1.54, 1.807) is 22.5 Å². The number of alkyl halides is 1. The number of hydrogen-bond donors (Lipinski definition) is 0. The van der Waals surface area contributed by atoms with Gasteiger partial charge in [0.15, 0.2) is 0 Å². The first-order valence-electron chi connectivity index (χ1n) is 7.03. The lowest BCUT2D eigenvalue weighted by molar-refractivity contribution is 0.157. The van der Waals surface area contributed by atoms with Crippen LogP contribution in [0.3, 0.4) is 0 Å². The van der Waals surface area contributed by atoms with Crippen LogP contribution in [0.5, 0.6) is 0 Å². The number of rotatable bonds is 3. The predicted molar refractivity (Wildman–Crippen MR) is 82.3 cm³/mol. The number of hydrogen-bond acceptors (Lipinski definition) is 2. The van der Waals surface area contributed by atoms with E-state index in [4.69, 9.17) is 11.6 Å². The Hall–Kier alpha value is -0.580. The van der Waals surface area contributed by atoms with Gasteiger partial charge in [-0.3, -0.25) is 0 Å². The van der Waals surface area contributed by atoms with E-state index in [2.05, 4.69) is 13.8 Å². The summed E-state index contributed by atoms with van der Waals surface area (Å²) in [5, 5.41) is 0. The fourth-order valence-electron chi connectivity index (χ4n) is 2.97. The topological polar surface area (TPSA) is 37.4 Å². The molecule has 2 rings (SSSR count). The molecule has 0 saturated carbocycles. The van der Waals surface area contributed by atoms with Crippen molar-refractivity contribution in [3.8, 4) is 0 Å². The molecule has 0 N–H and O–H groups in total. The molecule has 1 aliphatic rings. The highest BCUT2D eigenvalue weighted by Gasteiger charge is 2.37. The maximum absolute atomic E-state index is 12.9. The van der Waals surface area contributed by atoms with Crippen LogP contribution in [0.15, 0.2) is 29.2 Å². The van der Waals surface area contributed by atoms with Gasteiger partial charge >= 0.3 is 0 Å². The Morgan fingerprint density at radius 1 is 1.25 bits per heavy atom. The van der Waals surface area contributed by atoms with Crippen LogP contribution in [-0.4, -0.2) is 25.3 Å². The third kappa shape index (κ3) is 2.87. The van der Waals surface area contributed by atoms with Gasteiger partial charge in [0.2, 0.25) is 10.0 Å². The minimum Gasteiger partial charge on any atom is -0.207 e. The first-order valence-corrected chi connectivity index (χ1v) is 9.01. The fourth-order valence-corrected chi connectivity index (χ4v) is 5.36. The lowest BCUT2D eigenvalue weighted by atomic mass is 9.88. The molecule has 1 aliphatic heterocycles. The van der Waals surface area contributed by atoms with Crippen molar-refractivity contribution in [3.63, 3.8) is 0 Å². The quantitative estimate of drug-likeness (QED) is 0.801. The van der Waals surface area contributed by atoms with E-state index < -0.39 is 10.0 Å². The lowest BCUT2D eigenvalue weighted by Crippen LogP contribution is -2.48. The summed E-state index contributed by atoms with van der Waals surface area (Å²) in [7, 11) is -3.47. The van der Waals surface area contributed by atoms with Gasteiger partial charge in [0.1, 0.15) is 0 Å². The Morgan fingerprint density at radius 2 is 1.90 bits per heavy atom. The minimum absolute atomic E-state index is 0.0274. The monoisotopic (exact) mass is 315 g/mol. The van der Waals surface area contributed by atoms with Gasteiger partial charge in [-0.05, 0) is 36.8 Å². The summed E-state index contributed by atoms with van der Waals surface area (Å²) in [6.07, 6.45) is 1.07. The van der Waals surface area contributed by atoms with Crippen LogP contribution in [0.4, 0.5) is 0 Å². The average molecular weight is 316 g/mol. The van der Waals surface area contributed by atoms with E-state index >= 15 is 0 Å². The number of sulfonamides is 1. The fraction of sp³-hybridized carbons (Fsp3) is 0.600. The van der Waals surface area contributed by atoms with Crippen LogP contribution in [0.1, 0.15) is 32.8 Å². The summed E-state index contributed by atoms with van der Waals surface area (Å²) >= 11 is 5.89. The van der Waals surface area contributed by atoms with Gasteiger partial charge < -0.3 is 0 Å². The predicted octanol–water partition coefficient (Wildman–Crippen LogP) is 3.48. The summed E-state index contributed by atoms with van der Waals surface area (Å²) in [5.41, 5.74) is 0.673. The molecule has 1 aromatic carbocycles. The zero-order valence-corrected chi connectivity index (χ0v) is 13.8. The van der Waals surface area contributed by atoms with Crippen molar-refractivity contribution in [2.45, 2.75) is 44.0 Å². The summed E-state index contributed by atoms with van der Waals surface area (Å²) in [4.78, 5) is 0.350. The van der Waals surface area contributed by atoms with Crippen LogP contribution in [-0.2, 0) is 15.9 Å². The molecule has 5 heteroatoms.